The van der Waals surface area contributed by atoms with Crippen LogP contribution in [0.5, 0.6) is 0 Å². The minimum atomic E-state index is -0.844. The summed E-state index contributed by atoms with van der Waals surface area (Å²) >= 11 is 0. The van der Waals surface area contributed by atoms with Gasteiger partial charge in [-0.2, -0.15) is 0 Å². The number of carbonyl (C=O) groups is 1. The van der Waals surface area contributed by atoms with Gasteiger partial charge in [-0.3, -0.25) is 0 Å². The Hall–Kier alpha value is -1.17. The molecule has 3 aliphatic rings. The van der Waals surface area contributed by atoms with Gasteiger partial charge in [-0.15, -0.1) is 0 Å². The Morgan fingerprint density at radius 1 is 1.32 bits per heavy atom. The molecule has 140 valence electrons. The standard InChI is InChI=1S/C20H30O5/c1-12-4-7-16-19(2,9-8-17(23)20(16,3)11-21)14(12)6-5-13-15(22)10-25-18(13)24/h5,14-17,21-23H,1,4,6-11H2,2-3H3/b13-5-/t14-,15-,16+,17+,19+,20-/m0/s1. The lowest BCUT2D eigenvalue weighted by atomic mass is 9.46. The van der Waals surface area contributed by atoms with Crippen LogP contribution in [-0.4, -0.2) is 46.7 Å². The number of cyclic esters (lactones) is 1. The van der Waals surface area contributed by atoms with Gasteiger partial charge < -0.3 is 20.1 Å². The van der Waals surface area contributed by atoms with Crippen molar-refractivity contribution in [3.8, 4) is 0 Å². The highest BCUT2D eigenvalue weighted by Crippen LogP contribution is 2.61. The van der Waals surface area contributed by atoms with E-state index in [-0.39, 0.29) is 30.5 Å². The van der Waals surface area contributed by atoms with Gasteiger partial charge in [-0.1, -0.05) is 32.1 Å². The zero-order valence-electron chi connectivity index (χ0n) is 15.2. The molecule has 0 aromatic heterocycles. The Bertz CT molecular complexity index is 597. The van der Waals surface area contributed by atoms with Crippen molar-refractivity contribution < 1.29 is 24.9 Å². The summed E-state index contributed by atoms with van der Waals surface area (Å²) in [6, 6.07) is 0. The molecular formula is C20H30O5. The lowest BCUT2D eigenvalue weighted by Gasteiger charge is -2.59. The van der Waals surface area contributed by atoms with Gasteiger partial charge in [-0.05, 0) is 49.4 Å². The third-order valence-corrected chi connectivity index (χ3v) is 7.23. The minimum absolute atomic E-state index is 0.0280. The maximum atomic E-state index is 11.8. The van der Waals surface area contributed by atoms with Crippen LogP contribution in [-0.2, 0) is 9.53 Å². The monoisotopic (exact) mass is 350 g/mol. The van der Waals surface area contributed by atoms with E-state index in [9.17, 15) is 20.1 Å². The summed E-state index contributed by atoms with van der Waals surface area (Å²) in [5.41, 5.74) is 0.911. The van der Waals surface area contributed by atoms with Crippen LogP contribution >= 0.6 is 0 Å². The van der Waals surface area contributed by atoms with Gasteiger partial charge in [-0.25, -0.2) is 4.79 Å². The van der Waals surface area contributed by atoms with E-state index in [1.54, 1.807) is 0 Å². The average Bonchev–Trinajstić information content (AvgIpc) is 2.89. The normalized spacial score (nSPS) is 46.2. The van der Waals surface area contributed by atoms with E-state index in [1.165, 1.54) is 0 Å². The third kappa shape index (κ3) is 2.86. The number of aliphatic hydroxyl groups excluding tert-OH is 3. The smallest absolute Gasteiger partial charge is 0.336 e. The van der Waals surface area contributed by atoms with Crippen molar-refractivity contribution in [2.45, 2.75) is 58.2 Å². The zero-order chi connectivity index (χ0) is 18.4. The van der Waals surface area contributed by atoms with Gasteiger partial charge in [0.05, 0.1) is 18.3 Å². The number of allylic oxidation sites excluding steroid dienone is 2. The Morgan fingerprint density at radius 3 is 2.64 bits per heavy atom. The fourth-order valence-corrected chi connectivity index (χ4v) is 5.56. The fraction of sp³-hybridized carbons (Fsp3) is 0.750. The lowest BCUT2D eigenvalue weighted by molar-refractivity contribution is -0.151. The molecule has 3 fully saturated rings. The summed E-state index contributed by atoms with van der Waals surface area (Å²) < 4.78 is 4.90. The predicted molar refractivity (Wildman–Crippen MR) is 93.6 cm³/mol. The summed E-state index contributed by atoms with van der Waals surface area (Å²) in [4.78, 5) is 11.8. The first-order valence-corrected chi connectivity index (χ1v) is 9.26. The second-order valence-corrected chi connectivity index (χ2v) is 8.54. The summed E-state index contributed by atoms with van der Waals surface area (Å²) in [5, 5.41) is 30.4. The highest BCUT2D eigenvalue weighted by Gasteiger charge is 2.57. The molecule has 2 saturated carbocycles. The molecular weight excluding hydrogens is 320 g/mol. The topological polar surface area (TPSA) is 87.0 Å². The van der Waals surface area contributed by atoms with E-state index in [0.29, 0.717) is 18.4 Å². The second kappa shape index (κ2) is 6.53. The molecule has 0 spiro atoms. The quantitative estimate of drug-likeness (QED) is 0.411. The van der Waals surface area contributed by atoms with Gasteiger partial charge in [0.15, 0.2) is 0 Å². The van der Waals surface area contributed by atoms with E-state index in [4.69, 9.17) is 4.74 Å². The molecule has 0 aromatic carbocycles. The molecule has 0 aromatic rings. The predicted octanol–water partition coefficient (Wildman–Crippen LogP) is 1.96. The maximum absolute atomic E-state index is 11.8. The number of hydrogen-bond donors (Lipinski definition) is 3. The van der Waals surface area contributed by atoms with E-state index >= 15 is 0 Å². The van der Waals surface area contributed by atoms with Crippen molar-refractivity contribution >= 4 is 5.97 Å². The van der Waals surface area contributed by atoms with E-state index in [0.717, 1.165) is 24.8 Å². The van der Waals surface area contributed by atoms with Gasteiger partial charge in [0, 0.05) is 5.41 Å². The fourth-order valence-electron chi connectivity index (χ4n) is 5.56. The maximum Gasteiger partial charge on any atom is 0.336 e. The van der Waals surface area contributed by atoms with Crippen molar-refractivity contribution in [1.82, 2.24) is 0 Å². The SMILES string of the molecule is C=C1CC[C@H]2[C@](C)(CO)[C@H](O)CC[C@]2(C)[C@H]1C/C=C1\C(=O)OC[C@@H]1O. The van der Waals surface area contributed by atoms with Gasteiger partial charge in [0.1, 0.15) is 12.7 Å². The number of hydrogen-bond acceptors (Lipinski definition) is 5. The van der Waals surface area contributed by atoms with Gasteiger partial charge >= 0.3 is 5.97 Å². The number of esters is 1. The lowest BCUT2D eigenvalue weighted by Crippen LogP contribution is -2.57. The number of aliphatic hydroxyl groups is 3. The summed E-state index contributed by atoms with van der Waals surface area (Å²) in [6.45, 7) is 8.50. The number of carbonyl (C=O) groups excluding carboxylic acids is 1. The highest BCUT2D eigenvalue weighted by molar-refractivity contribution is 5.91. The minimum Gasteiger partial charge on any atom is -0.459 e. The largest absolute Gasteiger partial charge is 0.459 e. The van der Waals surface area contributed by atoms with E-state index in [1.807, 2.05) is 13.0 Å². The molecule has 5 nitrogen and oxygen atoms in total. The van der Waals surface area contributed by atoms with Crippen LogP contribution in [0.25, 0.3) is 0 Å². The molecule has 0 amide bonds. The summed E-state index contributed by atoms with van der Waals surface area (Å²) in [5.74, 6) is -0.0734. The van der Waals surface area contributed by atoms with Crippen molar-refractivity contribution in [2.24, 2.45) is 22.7 Å². The molecule has 1 aliphatic heterocycles. The molecule has 25 heavy (non-hydrogen) atoms. The Morgan fingerprint density at radius 2 is 2.04 bits per heavy atom. The Labute approximate surface area is 149 Å². The number of rotatable bonds is 3. The van der Waals surface area contributed by atoms with Crippen LogP contribution in [0.3, 0.4) is 0 Å². The number of fused-ring (bicyclic) bond motifs is 1. The van der Waals surface area contributed by atoms with Gasteiger partial charge in [0.2, 0.25) is 0 Å². The molecule has 0 unspecified atom stereocenters. The van der Waals surface area contributed by atoms with Crippen molar-refractivity contribution in [2.75, 3.05) is 13.2 Å². The molecule has 1 saturated heterocycles. The van der Waals surface area contributed by atoms with Crippen LogP contribution in [0.2, 0.25) is 0 Å². The van der Waals surface area contributed by atoms with E-state index < -0.39 is 23.6 Å². The molecule has 6 atom stereocenters. The average molecular weight is 350 g/mol. The molecule has 1 heterocycles. The first-order valence-electron chi connectivity index (χ1n) is 9.26. The molecule has 2 aliphatic carbocycles. The van der Waals surface area contributed by atoms with Crippen LogP contribution in [0.15, 0.2) is 23.8 Å². The van der Waals surface area contributed by atoms with Crippen LogP contribution < -0.4 is 0 Å². The van der Waals surface area contributed by atoms with Crippen LogP contribution in [0, 0.1) is 22.7 Å². The van der Waals surface area contributed by atoms with E-state index in [2.05, 4.69) is 13.5 Å². The zero-order valence-corrected chi connectivity index (χ0v) is 15.2. The third-order valence-electron chi connectivity index (χ3n) is 7.23. The molecule has 3 N–H and O–H groups in total. The van der Waals surface area contributed by atoms with Crippen molar-refractivity contribution in [3.63, 3.8) is 0 Å². The Kier molecular flexibility index (Phi) is 4.86. The van der Waals surface area contributed by atoms with Crippen LogP contribution in [0.4, 0.5) is 0 Å². The molecule has 3 rings (SSSR count). The highest BCUT2D eigenvalue weighted by atomic mass is 16.6. The first kappa shape index (κ1) is 18.6. The van der Waals surface area contributed by atoms with Gasteiger partial charge in [0.25, 0.3) is 0 Å². The summed E-state index contributed by atoms with van der Waals surface area (Å²) in [6.07, 6.45) is 4.42. The Balaban J connectivity index is 1.89. The number of ether oxygens (including phenoxy) is 1. The molecule has 0 bridgehead atoms. The second-order valence-electron chi connectivity index (χ2n) is 8.54. The van der Waals surface area contributed by atoms with Crippen molar-refractivity contribution in [1.29, 1.82) is 0 Å². The van der Waals surface area contributed by atoms with Crippen molar-refractivity contribution in [3.05, 3.63) is 23.8 Å². The summed E-state index contributed by atoms with van der Waals surface area (Å²) in [7, 11) is 0. The molecule has 0 radical (unpaired) electrons. The first-order chi connectivity index (χ1) is 11.7. The van der Waals surface area contributed by atoms with Crippen LogP contribution in [0.1, 0.15) is 46.0 Å². The molecule has 5 heteroatoms.